The van der Waals surface area contributed by atoms with Gasteiger partial charge < -0.3 is 5.32 Å². The van der Waals surface area contributed by atoms with Gasteiger partial charge in [0.25, 0.3) is 0 Å². The molecule has 0 aliphatic heterocycles. The van der Waals surface area contributed by atoms with Crippen LogP contribution in [0, 0.1) is 0 Å². The van der Waals surface area contributed by atoms with Crippen molar-refractivity contribution >= 4 is 29.2 Å². The van der Waals surface area contributed by atoms with Crippen LogP contribution < -0.4 is 34.9 Å². The number of hydrogen-bond acceptors (Lipinski definition) is 1. The summed E-state index contributed by atoms with van der Waals surface area (Å²) in [6.07, 6.45) is 2.76. The second kappa shape index (κ2) is 8.98. The third-order valence-corrected chi connectivity index (χ3v) is 0.927. The van der Waals surface area contributed by atoms with Gasteiger partial charge in [-0.25, -0.2) is 0 Å². The van der Waals surface area contributed by atoms with Crippen molar-refractivity contribution in [2.24, 2.45) is 0 Å². The minimum Gasteiger partial charge on any atom is -0.371 e. The minimum absolute atomic E-state index is 0. The van der Waals surface area contributed by atoms with E-state index in [0.717, 1.165) is 13.0 Å². The number of thiocarbonyl (C=S) groups is 1. The molecule has 0 atom stereocenters. The Morgan fingerprint density at radius 1 is 1.78 bits per heavy atom. The molecule has 0 aliphatic carbocycles. The summed E-state index contributed by atoms with van der Waals surface area (Å²) in [7, 11) is 0. The van der Waals surface area contributed by atoms with Crippen molar-refractivity contribution in [2.45, 2.75) is 6.42 Å². The molecule has 4 heteroatoms. The zero-order chi connectivity index (χ0) is 6.41. The molecule has 0 saturated heterocycles. The average Bonchev–Trinajstić information content (AvgIpc) is 1.66. The third-order valence-electron chi connectivity index (χ3n) is 0.625. The Morgan fingerprint density at radius 2 is 2.33 bits per heavy atom. The van der Waals surface area contributed by atoms with E-state index in [1.807, 2.05) is 6.08 Å². The molecule has 1 nitrogen and oxygen atoms in total. The van der Waals surface area contributed by atoms with Crippen LogP contribution in [0.15, 0.2) is 12.7 Å². The molecule has 0 amide bonds. The molecule has 1 N–H and O–H groups in total. The van der Waals surface area contributed by atoms with Crippen molar-refractivity contribution in [3.8, 4) is 0 Å². The van der Waals surface area contributed by atoms with E-state index in [4.69, 9.17) is 0 Å². The Morgan fingerprint density at radius 3 is 2.67 bits per heavy atom. The number of thiol groups is 1. The molecule has 0 radical (unpaired) electrons. The van der Waals surface area contributed by atoms with Gasteiger partial charge in [0.2, 0.25) is 0 Å². The van der Waals surface area contributed by atoms with Crippen molar-refractivity contribution in [3.05, 3.63) is 12.7 Å². The zero-order valence-corrected chi connectivity index (χ0v) is 9.27. The molecule has 0 spiro atoms. The van der Waals surface area contributed by atoms with E-state index in [-0.39, 0.29) is 29.6 Å². The molecule has 0 aromatic heterocycles. The monoisotopic (exact) mass is 170 g/mol. The molecule has 0 rings (SSSR count). The van der Waals surface area contributed by atoms with Crippen LogP contribution in [0.1, 0.15) is 6.42 Å². The van der Waals surface area contributed by atoms with Gasteiger partial charge in [0.1, 0.15) is 4.32 Å². The Bertz CT molecular complexity index is 95.0. The maximum absolute atomic E-state index is 4.63. The first kappa shape index (κ1) is 12.6. The van der Waals surface area contributed by atoms with E-state index < -0.39 is 0 Å². The Balaban J connectivity index is 0. The smallest absolute Gasteiger partial charge is 0.371 e. The molecule has 0 saturated carbocycles. The van der Waals surface area contributed by atoms with Crippen LogP contribution in [0.5, 0.6) is 0 Å². The van der Waals surface area contributed by atoms with Gasteiger partial charge in [-0.1, -0.05) is 18.3 Å². The predicted octanol–water partition coefficient (Wildman–Crippen LogP) is -1.63. The minimum atomic E-state index is 0. The molecule has 9 heavy (non-hydrogen) atoms. The summed E-state index contributed by atoms with van der Waals surface area (Å²) < 4.78 is 0.548. The first-order chi connectivity index (χ1) is 3.77. The zero-order valence-electron chi connectivity index (χ0n) is 5.55. The van der Waals surface area contributed by atoms with Crippen LogP contribution in [-0.4, -0.2) is 10.9 Å². The van der Waals surface area contributed by atoms with Gasteiger partial charge in [0, 0.05) is 6.54 Å². The van der Waals surface area contributed by atoms with Crippen LogP contribution in [0.2, 0.25) is 0 Å². The molecule has 0 aliphatic rings. The average molecular weight is 170 g/mol. The van der Waals surface area contributed by atoms with E-state index in [0.29, 0.717) is 4.32 Å². The molecule has 0 heterocycles. The third kappa shape index (κ3) is 12.2. The van der Waals surface area contributed by atoms with E-state index in [1.54, 1.807) is 0 Å². The largest absolute Gasteiger partial charge is 1.00 e. The summed E-state index contributed by atoms with van der Waals surface area (Å²) in [5.74, 6) is 0. The van der Waals surface area contributed by atoms with E-state index in [9.17, 15) is 0 Å². The summed E-state index contributed by atoms with van der Waals surface area (Å²) in [5.41, 5.74) is 0. The summed E-state index contributed by atoms with van der Waals surface area (Å²) in [6, 6.07) is 0. The second-order valence-corrected chi connectivity index (χ2v) is 2.47. The second-order valence-electron chi connectivity index (χ2n) is 1.31. The summed E-state index contributed by atoms with van der Waals surface area (Å²) >= 11 is 8.48. The van der Waals surface area contributed by atoms with Gasteiger partial charge in [-0.3, -0.25) is 0 Å². The van der Waals surface area contributed by atoms with Crippen molar-refractivity contribution in [1.29, 1.82) is 0 Å². The first-order valence-corrected chi connectivity index (χ1v) is 3.20. The van der Waals surface area contributed by atoms with Crippen molar-refractivity contribution in [2.75, 3.05) is 6.54 Å². The molecule has 0 bridgehead atoms. The van der Waals surface area contributed by atoms with E-state index >= 15 is 0 Å². The number of rotatable bonds is 3. The molecule has 0 aromatic rings. The van der Waals surface area contributed by atoms with E-state index in [1.165, 1.54) is 0 Å². The topological polar surface area (TPSA) is 12.0 Å². The van der Waals surface area contributed by atoms with Crippen molar-refractivity contribution in [3.63, 3.8) is 0 Å². The van der Waals surface area contributed by atoms with Gasteiger partial charge in [-0.2, -0.15) is 0 Å². The standard InChI is InChI=1S/C5H9NS2.Na/c1-2-3-4-6-5(7)8;/h2H,1,3-4H2,(H2,6,7,8);/q;+1. The normalized spacial score (nSPS) is 7.22. The number of hydrogen-bond donors (Lipinski definition) is 2. The fraction of sp³-hybridized carbons (Fsp3) is 0.400. The quantitative estimate of drug-likeness (QED) is 0.173. The molecule has 0 unspecified atom stereocenters. The van der Waals surface area contributed by atoms with Crippen LogP contribution in [0.4, 0.5) is 0 Å². The summed E-state index contributed by atoms with van der Waals surface area (Å²) in [4.78, 5) is 0. The Hall–Kier alpha value is 0.980. The summed E-state index contributed by atoms with van der Waals surface area (Å²) in [6.45, 7) is 4.39. The molecule has 46 valence electrons. The molecular formula is C5H9NNaS2+. The predicted molar refractivity (Wildman–Crippen MR) is 44.4 cm³/mol. The Kier molecular flexibility index (Phi) is 12.6. The van der Waals surface area contributed by atoms with Crippen LogP contribution in [0.3, 0.4) is 0 Å². The van der Waals surface area contributed by atoms with Gasteiger partial charge >= 0.3 is 29.6 Å². The van der Waals surface area contributed by atoms with Crippen molar-refractivity contribution in [1.82, 2.24) is 5.32 Å². The SMILES string of the molecule is C=CCCNC(=S)S.[Na+]. The van der Waals surface area contributed by atoms with Crippen LogP contribution in [-0.2, 0) is 0 Å². The van der Waals surface area contributed by atoms with Crippen LogP contribution in [0.25, 0.3) is 0 Å². The summed E-state index contributed by atoms with van der Waals surface area (Å²) in [5, 5.41) is 2.87. The molecule has 0 fully saturated rings. The maximum Gasteiger partial charge on any atom is 1.00 e. The fourth-order valence-corrected chi connectivity index (χ4v) is 0.495. The van der Waals surface area contributed by atoms with Gasteiger partial charge in [0.05, 0.1) is 0 Å². The van der Waals surface area contributed by atoms with Gasteiger partial charge in [-0.15, -0.1) is 19.2 Å². The van der Waals surface area contributed by atoms with Gasteiger partial charge in [0.15, 0.2) is 0 Å². The fourth-order valence-electron chi connectivity index (χ4n) is 0.281. The van der Waals surface area contributed by atoms with Crippen LogP contribution >= 0.6 is 24.8 Å². The Labute approximate surface area is 89.0 Å². The first-order valence-electron chi connectivity index (χ1n) is 2.35. The van der Waals surface area contributed by atoms with Gasteiger partial charge in [-0.05, 0) is 6.42 Å². The molecular weight excluding hydrogens is 161 g/mol. The van der Waals surface area contributed by atoms with E-state index in [2.05, 4.69) is 36.7 Å². The molecule has 0 aromatic carbocycles. The van der Waals surface area contributed by atoms with Crippen molar-refractivity contribution < 1.29 is 29.6 Å². The number of nitrogens with one attached hydrogen (secondary N) is 1. The maximum atomic E-state index is 4.63.